The molecule has 0 unspecified atom stereocenters. The lowest BCUT2D eigenvalue weighted by Gasteiger charge is -2.39. The normalized spacial score (nSPS) is 23.7. The highest BCUT2D eigenvalue weighted by Crippen LogP contribution is 2.36. The van der Waals surface area contributed by atoms with E-state index in [2.05, 4.69) is 4.98 Å². The Morgan fingerprint density at radius 2 is 2.32 bits per heavy atom. The van der Waals surface area contributed by atoms with E-state index in [9.17, 15) is 9.59 Å². The minimum Gasteiger partial charge on any atom is -0.369 e. The van der Waals surface area contributed by atoms with Gasteiger partial charge in [-0.25, -0.2) is 4.98 Å². The summed E-state index contributed by atoms with van der Waals surface area (Å²) in [6, 6.07) is -0.286. The summed E-state index contributed by atoms with van der Waals surface area (Å²) >= 11 is 0. The Hall–Kier alpha value is -1.85. The van der Waals surface area contributed by atoms with Gasteiger partial charge in [-0.2, -0.15) is 0 Å². The van der Waals surface area contributed by atoms with Gasteiger partial charge in [0.25, 0.3) is 0 Å². The number of amides is 2. The van der Waals surface area contributed by atoms with Crippen molar-refractivity contribution in [2.24, 2.45) is 18.7 Å². The van der Waals surface area contributed by atoms with Crippen LogP contribution < -0.4 is 5.73 Å². The van der Waals surface area contributed by atoms with Crippen molar-refractivity contribution in [3.63, 3.8) is 0 Å². The molecule has 1 aromatic heterocycles. The highest BCUT2D eigenvalue weighted by molar-refractivity contribution is 5.84. The zero-order chi connectivity index (χ0) is 14.0. The van der Waals surface area contributed by atoms with Gasteiger partial charge in [-0.1, -0.05) is 6.92 Å². The molecular formula is C13H20N4O2. The van der Waals surface area contributed by atoms with E-state index in [0.29, 0.717) is 19.4 Å². The van der Waals surface area contributed by atoms with E-state index in [1.165, 1.54) is 0 Å². The largest absolute Gasteiger partial charge is 0.369 e. The van der Waals surface area contributed by atoms with Crippen molar-refractivity contribution in [2.45, 2.75) is 32.2 Å². The van der Waals surface area contributed by atoms with Crippen molar-refractivity contribution < 1.29 is 9.59 Å². The topological polar surface area (TPSA) is 81.2 Å². The van der Waals surface area contributed by atoms with E-state index in [4.69, 9.17) is 5.73 Å². The van der Waals surface area contributed by atoms with Crippen LogP contribution in [0.1, 0.15) is 37.9 Å². The molecular weight excluding hydrogens is 244 g/mol. The zero-order valence-electron chi connectivity index (χ0n) is 11.4. The van der Waals surface area contributed by atoms with Gasteiger partial charge in [-0.15, -0.1) is 0 Å². The molecule has 1 aromatic rings. The van der Waals surface area contributed by atoms with E-state index in [1.54, 1.807) is 17.4 Å². The number of aromatic nitrogens is 2. The first-order valence-corrected chi connectivity index (χ1v) is 6.61. The second-order valence-electron chi connectivity index (χ2n) is 5.01. The Morgan fingerprint density at radius 1 is 1.58 bits per heavy atom. The van der Waals surface area contributed by atoms with E-state index in [1.807, 2.05) is 18.5 Å². The minimum absolute atomic E-state index is 0.0885. The third-order valence-corrected chi connectivity index (χ3v) is 3.69. The fraction of sp³-hybridized carbons (Fsp3) is 0.615. The summed E-state index contributed by atoms with van der Waals surface area (Å²) in [6.07, 6.45) is 5.15. The number of likely N-dealkylation sites (tertiary alicyclic amines) is 1. The maximum Gasteiger partial charge on any atom is 0.223 e. The first-order valence-electron chi connectivity index (χ1n) is 6.61. The summed E-state index contributed by atoms with van der Waals surface area (Å²) in [6.45, 7) is 2.65. The Kier molecular flexibility index (Phi) is 3.87. The molecule has 6 heteroatoms. The van der Waals surface area contributed by atoms with Crippen LogP contribution in [0.25, 0.3) is 0 Å². The van der Waals surface area contributed by atoms with Crippen molar-refractivity contribution in [2.75, 3.05) is 6.54 Å². The summed E-state index contributed by atoms with van der Waals surface area (Å²) in [5.41, 5.74) is 6.38. The van der Waals surface area contributed by atoms with Crippen LogP contribution in [0.4, 0.5) is 0 Å². The number of piperidine rings is 1. The van der Waals surface area contributed by atoms with Crippen molar-refractivity contribution >= 4 is 11.8 Å². The first-order chi connectivity index (χ1) is 9.06. The van der Waals surface area contributed by atoms with Crippen LogP contribution in [0.2, 0.25) is 0 Å². The molecule has 104 valence electrons. The number of nitrogens with two attached hydrogens (primary N) is 1. The summed E-state index contributed by atoms with van der Waals surface area (Å²) in [5.74, 6) is -0.593. The van der Waals surface area contributed by atoms with Crippen molar-refractivity contribution in [3.8, 4) is 0 Å². The highest BCUT2D eigenvalue weighted by atomic mass is 16.2. The number of imidazole rings is 1. The van der Waals surface area contributed by atoms with Gasteiger partial charge < -0.3 is 15.2 Å². The maximum atomic E-state index is 12.1. The van der Waals surface area contributed by atoms with E-state index in [0.717, 1.165) is 12.1 Å². The van der Waals surface area contributed by atoms with E-state index >= 15 is 0 Å². The van der Waals surface area contributed by atoms with Crippen molar-refractivity contribution in [1.82, 2.24) is 14.5 Å². The lowest BCUT2D eigenvalue weighted by molar-refractivity contribution is -0.142. The van der Waals surface area contributed by atoms with Gasteiger partial charge in [-0.3, -0.25) is 9.59 Å². The van der Waals surface area contributed by atoms with Crippen molar-refractivity contribution in [3.05, 3.63) is 18.2 Å². The Labute approximate surface area is 112 Å². The second-order valence-corrected chi connectivity index (χ2v) is 5.01. The quantitative estimate of drug-likeness (QED) is 0.864. The molecule has 1 aliphatic rings. The molecule has 1 aliphatic heterocycles. The summed E-state index contributed by atoms with van der Waals surface area (Å²) in [4.78, 5) is 29.7. The molecule has 1 saturated heterocycles. The average Bonchev–Trinajstić information content (AvgIpc) is 2.77. The van der Waals surface area contributed by atoms with Crippen LogP contribution in [0, 0.1) is 5.92 Å². The summed E-state index contributed by atoms with van der Waals surface area (Å²) < 4.78 is 1.85. The van der Waals surface area contributed by atoms with E-state index in [-0.39, 0.29) is 23.8 Å². The molecule has 0 saturated carbocycles. The van der Waals surface area contributed by atoms with Crippen LogP contribution in [0.3, 0.4) is 0 Å². The number of aryl methyl sites for hydroxylation is 1. The third kappa shape index (κ3) is 2.47. The zero-order valence-corrected chi connectivity index (χ0v) is 11.4. The van der Waals surface area contributed by atoms with Crippen LogP contribution in [-0.2, 0) is 16.6 Å². The number of hydrogen-bond acceptors (Lipinski definition) is 3. The summed E-state index contributed by atoms with van der Waals surface area (Å²) in [5, 5.41) is 0. The predicted molar refractivity (Wildman–Crippen MR) is 69.9 cm³/mol. The number of carbonyl (C=O) groups is 2. The predicted octanol–water partition coefficient (Wildman–Crippen LogP) is 0.595. The van der Waals surface area contributed by atoms with Gasteiger partial charge in [0.05, 0.1) is 30.2 Å². The molecule has 0 spiro atoms. The van der Waals surface area contributed by atoms with Gasteiger partial charge >= 0.3 is 0 Å². The van der Waals surface area contributed by atoms with Crippen LogP contribution in [-0.4, -0.2) is 32.8 Å². The average molecular weight is 264 g/mol. The fourth-order valence-corrected chi connectivity index (χ4v) is 2.77. The van der Waals surface area contributed by atoms with Crippen LogP contribution in [0.15, 0.2) is 12.5 Å². The second kappa shape index (κ2) is 5.42. The minimum atomic E-state index is -0.347. The van der Waals surface area contributed by atoms with Gasteiger partial charge in [0.15, 0.2) is 0 Å². The monoisotopic (exact) mass is 264 g/mol. The number of hydrogen-bond donors (Lipinski definition) is 1. The molecule has 2 rings (SSSR count). The number of rotatable bonds is 4. The molecule has 6 nitrogen and oxygen atoms in total. The molecule has 0 aromatic carbocycles. The highest BCUT2D eigenvalue weighted by Gasteiger charge is 2.40. The first kappa shape index (κ1) is 13.6. The Morgan fingerprint density at radius 3 is 2.84 bits per heavy atom. The lowest BCUT2D eigenvalue weighted by atomic mass is 9.86. The third-order valence-electron chi connectivity index (χ3n) is 3.69. The number of carbonyl (C=O) groups excluding carboxylic acids is 2. The molecule has 0 radical (unpaired) electrons. The molecule has 19 heavy (non-hydrogen) atoms. The lowest BCUT2D eigenvalue weighted by Crippen LogP contribution is -2.47. The molecule has 2 heterocycles. The molecule has 0 aliphatic carbocycles. The molecule has 2 N–H and O–H groups in total. The number of primary amides is 1. The maximum absolute atomic E-state index is 12.1. The van der Waals surface area contributed by atoms with Gasteiger partial charge in [-0.05, 0) is 12.8 Å². The molecule has 0 bridgehead atoms. The Bertz CT molecular complexity index is 483. The fourth-order valence-electron chi connectivity index (χ4n) is 2.77. The van der Waals surface area contributed by atoms with Crippen LogP contribution in [0.5, 0.6) is 0 Å². The SMILES string of the molecule is CCCN1C(=O)CC[C@@H](C(N)=O)[C@@H]1c1cncn1C. The number of nitrogens with zero attached hydrogens (tertiary/aromatic N) is 3. The van der Waals surface area contributed by atoms with Crippen LogP contribution >= 0.6 is 0 Å². The molecule has 2 amide bonds. The van der Waals surface area contributed by atoms with Gasteiger partial charge in [0.2, 0.25) is 11.8 Å². The van der Waals surface area contributed by atoms with Crippen molar-refractivity contribution in [1.29, 1.82) is 0 Å². The Balaban J connectivity index is 2.41. The molecule has 2 atom stereocenters. The van der Waals surface area contributed by atoms with Gasteiger partial charge in [0, 0.05) is 20.0 Å². The smallest absolute Gasteiger partial charge is 0.223 e. The van der Waals surface area contributed by atoms with Gasteiger partial charge in [0.1, 0.15) is 0 Å². The summed E-state index contributed by atoms with van der Waals surface area (Å²) in [7, 11) is 1.86. The standard InChI is InChI=1S/C13H20N4O2/c1-3-6-17-11(18)5-4-9(13(14)19)12(17)10-7-15-8-16(10)2/h7-9,12H,3-6H2,1-2H3,(H2,14,19)/t9-,12-/m1/s1. The molecule has 1 fully saturated rings. The van der Waals surface area contributed by atoms with E-state index < -0.39 is 0 Å².